The highest BCUT2D eigenvalue weighted by molar-refractivity contribution is 5.97. The van der Waals surface area contributed by atoms with Crippen molar-refractivity contribution in [2.75, 3.05) is 43.9 Å². The number of halogens is 1. The van der Waals surface area contributed by atoms with Crippen molar-refractivity contribution in [3.8, 4) is 0 Å². The molecule has 0 aromatic heterocycles. The van der Waals surface area contributed by atoms with Crippen LogP contribution in [0.25, 0.3) is 0 Å². The lowest BCUT2D eigenvalue weighted by molar-refractivity contribution is -0.121. The van der Waals surface area contributed by atoms with E-state index < -0.39 is 0 Å². The highest BCUT2D eigenvalue weighted by Crippen LogP contribution is 2.24. The number of amides is 1. The molecule has 1 aliphatic heterocycles. The molecule has 6 heteroatoms. The third-order valence-electron chi connectivity index (χ3n) is 4.15. The predicted octanol–water partition coefficient (Wildman–Crippen LogP) is 2.22. The molecule has 1 heterocycles. The van der Waals surface area contributed by atoms with Crippen LogP contribution in [0.2, 0.25) is 0 Å². The Morgan fingerprint density at radius 2 is 1.78 bits per heavy atom. The van der Waals surface area contributed by atoms with Gasteiger partial charge in [0.2, 0.25) is 5.91 Å². The summed E-state index contributed by atoms with van der Waals surface area (Å²) < 4.78 is 13.5. The summed E-state index contributed by atoms with van der Waals surface area (Å²) in [5, 5.41) is 6.10. The molecule has 0 aliphatic carbocycles. The number of carbonyl (C=O) groups is 1. The van der Waals surface area contributed by atoms with Crippen molar-refractivity contribution >= 4 is 17.3 Å². The van der Waals surface area contributed by atoms with Crippen LogP contribution in [0.15, 0.2) is 18.2 Å². The number of nitrogens with one attached hydrogen (secondary N) is 2. The van der Waals surface area contributed by atoms with Crippen molar-refractivity contribution in [1.29, 1.82) is 0 Å². The number of piperazine rings is 1. The third-order valence-corrected chi connectivity index (χ3v) is 4.15. The Balaban J connectivity index is 2.05. The summed E-state index contributed by atoms with van der Waals surface area (Å²) in [4.78, 5) is 16.9. The van der Waals surface area contributed by atoms with Gasteiger partial charge >= 0.3 is 0 Å². The van der Waals surface area contributed by atoms with Gasteiger partial charge in [-0.25, -0.2) is 4.39 Å². The summed E-state index contributed by atoms with van der Waals surface area (Å²) in [6, 6.07) is 4.37. The molecule has 1 amide bonds. The monoisotopic (exact) mass is 322 g/mol. The van der Waals surface area contributed by atoms with E-state index in [0.29, 0.717) is 5.69 Å². The van der Waals surface area contributed by atoms with Gasteiger partial charge in [-0.05, 0) is 46.0 Å². The highest BCUT2D eigenvalue weighted by atomic mass is 19.1. The summed E-state index contributed by atoms with van der Waals surface area (Å²) in [6.45, 7) is 9.55. The van der Waals surface area contributed by atoms with Gasteiger partial charge in [0.15, 0.2) is 0 Å². The number of benzene rings is 1. The largest absolute Gasteiger partial charge is 0.381 e. The normalized spacial score (nSPS) is 18.0. The smallest absolute Gasteiger partial charge is 0.241 e. The highest BCUT2D eigenvalue weighted by Gasteiger charge is 2.25. The molecule has 1 aromatic carbocycles. The quantitative estimate of drug-likeness (QED) is 0.873. The first kappa shape index (κ1) is 17.7. The minimum Gasteiger partial charge on any atom is -0.381 e. The first-order chi connectivity index (χ1) is 10.9. The van der Waals surface area contributed by atoms with Crippen LogP contribution in [0.5, 0.6) is 0 Å². The van der Waals surface area contributed by atoms with E-state index in [1.807, 2.05) is 20.8 Å². The molecule has 1 aromatic rings. The number of anilines is 2. The van der Waals surface area contributed by atoms with Gasteiger partial charge in [-0.15, -0.1) is 0 Å². The van der Waals surface area contributed by atoms with E-state index in [-0.39, 0.29) is 23.8 Å². The Bertz CT molecular complexity index is 541. The van der Waals surface area contributed by atoms with Crippen LogP contribution in [0, 0.1) is 5.82 Å². The Morgan fingerprint density at radius 1 is 1.13 bits per heavy atom. The maximum Gasteiger partial charge on any atom is 0.241 e. The SMILES string of the molecule is CC(C)Nc1ccc(F)cc1NC(=O)C(C)N1CCN(C)CC1. The van der Waals surface area contributed by atoms with Crippen molar-refractivity contribution < 1.29 is 9.18 Å². The van der Waals surface area contributed by atoms with E-state index in [0.717, 1.165) is 31.9 Å². The number of likely N-dealkylation sites (N-methyl/N-ethyl adjacent to an activating group) is 1. The molecule has 128 valence electrons. The molecular formula is C17H27FN4O. The van der Waals surface area contributed by atoms with Crippen LogP contribution in [0.4, 0.5) is 15.8 Å². The second-order valence-corrected chi connectivity index (χ2v) is 6.49. The summed E-state index contributed by atoms with van der Waals surface area (Å²) in [7, 11) is 2.08. The van der Waals surface area contributed by atoms with E-state index in [1.165, 1.54) is 12.1 Å². The summed E-state index contributed by atoms with van der Waals surface area (Å²) in [6.07, 6.45) is 0. The first-order valence-corrected chi connectivity index (χ1v) is 8.16. The van der Waals surface area contributed by atoms with Crippen molar-refractivity contribution in [3.05, 3.63) is 24.0 Å². The van der Waals surface area contributed by atoms with Crippen molar-refractivity contribution in [3.63, 3.8) is 0 Å². The molecule has 1 fully saturated rings. The third kappa shape index (κ3) is 4.91. The lowest BCUT2D eigenvalue weighted by atomic mass is 10.2. The van der Waals surface area contributed by atoms with E-state index in [4.69, 9.17) is 0 Å². The van der Waals surface area contributed by atoms with Crippen LogP contribution in [-0.2, 0) is 4.79 Å². The van der Waals surface area contributed by atoms with Gasteiger partial charge in [-0.3, -0.25) is 9.69 Å². The molecule has 1 atom stereocenters. The molecule has 23 heavy (non-hydrogen) atoms. The van der Waals surface area contributed by atoms with Crippen LogP contribution in [0.3, 0.4) is 0 Å². The van der Waals surface area contributed by atoms with Gasteiger partial charge in [0.05, 0.1) is 17.4 Å². The van der Waals surface area contributed by atoms with Gasteiger partial charge in [0.1, 0.15) is 5.82 Å². The topological polar surface area (TPSA) is 47.6 Å². The fraction of sp³-hybridized carbons (Fsp3) is 0.588. The van der Waals surface area contributed by atoms with Gasteiger partial charge in [0.25, 0.3) is 0 Å². The molecule has 1 aliphatic rings. The maximum atomic E-state index is 13.5. The molecule has 2 rings (SSSR count). The lowest BCUT2D eigenvalue weighted by Gasteiger charge is -2.35. The van der Waals surface area contributed by atoms with Crippen LogP contribution < -0.4 is 10.6 Å². The van der Waals surface area contributed by atoms with Crippen molar-refractivity contribution in [2.24, 2.45) is 0 Å². The fourth-order valence-corrected chi connectivity index (χ4v) is 2.67. The van der Waals surface area contributed by atoms with Crippen molar-refractivity contribution in [1.82, 2.24) is 9.80 Å². The fourth-order valence-electron chi connectivity index (χ4n) is 2.67. The van der Waals surface area contributed by atoms with Gasteiger partial charge < -0.3 is 15.5 Å². The van der Waals surface area contributed by atoms with E-state index in [2.05, 4.69) is 27.5 Å². The Labute approximate surface area is 137 Å². The van der Waals surface area contributed by atoms with Gasteiger partial charge in [-0.2, -0.15) is 0 Å². The molecule has 1 unspecified atom stereocenters. The molecule has 0 saturated carbocycles. The summed E-state index contributed by atoms with van der Waals surface area (Å²) in [5.74, 6) is -0.464. The second kappa shape index (κ2) is 7.75. The number of rotatable bonds is 5. The van der Waals surface area contributed by atoms with Crippen molar-refractivity contribution in [2.45, 2.75) is 32.9 Å². The predicted molar refractivity (Wildman–Crippen MR) is 92.3 cm³/mol. The number of hydrogen-bond donors (Lipinski definition) is 2. The molecule has 0 bridgehead atoms. The Morgan fingerprint density at radius 3 is 2.39 bits per heavy atom. The standard InChI is InChI=1S/C17H27FN4O/c1-12(2)19-15-6-5-14(18)11-16(15)20-17(23)13(3)22-9-7-21(4)8-10-22/h5-6,11-13,19H,7-10H2,1-4H3,(H,20,23). The first-order valence-electron chi connectivity index (χ1n) is 8.16. The number of carbonyl (C=O) groups excluding carboxylic acids is 1. The second-order valence-electron chi connectivity index (χ2n) is 6.49. The number of nitrogens with zero attached hydrogens (tertiary/aromatic N) is 2. The molecule has 1 saturated heterocycles. The summed E-state index contributed by atoms with van der Waals surface area (Å²) in [5.41, 5.74) is 1.23. The zero-order chi connectivity index (χ0) is 17.0. The Hall–Kier alpha value is -1.66. The average molecular weight is 322 g/mol. The van der Waals surface area contributed by atoms with E-state index in [9.17, 15) is 9.18 Å². The molecule has 0 radical (unpaired) electrons. The Kier molecular flexibility index (Phi) is 5.96. The van der Waals surface area contributed by atoms with Crippen LogP contribution >= 0.6 is 0 Å². The van der Waals surface area contributed by atoms with Gasteiger partial charge in [-0.1, -0.05) is 0 Å². The zero-order valence-corrected chi connectivity index (χ0v) is 14.4. The molecular weight excluding hydrogens is 295 g/mol. The van der Waals surface area contributed by atoms with E-state index >= 15 is 0 Å². The minimum atomic E-state index is -0.359. The number of hydrogen-bond acceptors (Lipinski definition) is 4. The zero-order valence-electron chi connectivity index (χ0n) is 14.4. The average Bonchev–Trinajstić information content (AvgIpc) is 2.49. The van der Waals surface area contributed by atoms with E-state index in [1.54, 1.807) is 6.07 Å². The van der Waals surface area contributed by atoms with Gasteiger partial charge in [0, 0.05) is 32.2 Å². The summed E-state index contributed by atoms with van der Waals surface area (Å²) >= 11 is 0. The molecule has 0 spiro atoms. The minimum absolute atomic E-state index is 0.105. The lowest BCUT2D eigenvalue weighted by Crippen LogP contribution is -2.51. The maximum absolute atomic E-state index is 13.5. The van der Waals surface area contributed by atoms with Crippen LogP contribution in [-0.4, -0.2) is 61.0 Å². The molecule has 5 nitrogen and oxygen atoms in total. The molecule has 2 N–H and O–H groups in total. The van der Waals surface area contributed by atoms with Crippen LogP contribution in [0.1, 0.15) is 20.8 Å².